The zero-order chi connectivity index (χ0) is 26.7. The van der Waals surface area contributed by atoms with Gasteiger partial charge in [0.1, 0.15) is 5.82 Å². The van der Waals surface area contributed by atoms with Crippen LogP contribution in [0.25, 0.3) is 10.8 Å². The number of anilines is 1. The first-order valence-corrected chi connectivity index (χ1v) is 12.6. The van der Waals surface area contributed by atoms with Crippen LogP contribution in [0.4, 0.5) is 10.1 Å². The molecule has 2 amide bonds. The fraction of sp³-hybridized carbons (Fsp3) is 0.120. The number of amides is 2. The quantitative estimate of drug-likeness (QED) is 0.332. The van der Waals surface area contributed by atoms with Crippen molar-refractivity contribution in [3.05, 3.63) is 99.7 Å². The zero-order valence-corrected chi connectivity index (χ0v) is 20.6. The molecule has 4 aromatic rings. The maximum absolute atomic E-state index is 13.1. The Balaban J connectivity index is 1.55. The Morgan fingerprint density at radius 2 is 1.59 bits per heavy atom. The number of hydrogen-bond acceptors (Lipinski definition) is 6. The first-order valence-electron chi connectivity index (χ1n) is 11.1. The molecule has 0 aliphatic heterocycles. The lowest BCUT2D eigenvalue weighted by atomic mass is 10.1. The van der Waals surface area contributed by atoms with Crippen LogP contribution >= 0.6 is 0 Å². The monoisotopic (exact) mass is 523 g/mol. The number of aromatic nitrogens is 2. The second kappa shape index (κ2) is 10.2. The number of hydrogen-bond donors (Lipinski definition) is 3. The number of hydrazine groups is 1. The Kier molecular flexibility index (Phi) is 7.02. The van der Waals surface area contributed by atoms with E-state index < -0.39 is 27.7 Å². The van der Waals surface area contributed by atoms with Crippen molar-refractivity contribution in [2.75, 3.05) is 4.72 Å². The van der Waals surface area contributed by atoms with E-state index in [1.165, 1.54) is 24.3 Å². The van der Waals surface area contributed by atoms with E-state index in [-0.39, 0.29) is 33.9 Å². The third-order valence-electron chi connectivity index (χ3n) is 5.51. The number of fused-ring (bicyclic) bond motifs is 1. The van der Waals surface area contributed by atoms with Gasteiger partial charge in [-0.2, -0.15) is 5.10 Å². The molecule has 0 saturated heterocycles. The van der Waals surface area contributed by atoms with E-state index in [2.05, 4.69) is 20.7 Å². The lowest BCUT2D eigenvalue weighted by molar-refractivity contribution is 0.0843. The van der Waals surface area contributed by atoms with E-state index in [4.69, 9.17) is 0 Å². The van der Waals surface area contributed by atoms with E-state index in [1.54, 1.807) is 38.1 Å². The van der Waals surface area contributed by atoms with Gasteiger partial charge in [0, 0.05) is 23.2 Å². The van der Waals surface area contributed by atoms with E-state index in [1.807, 2.05) is 0 Å². The van der Waals surface area contributed by atoms with Gasteiger partial charge in [-0.3, -0.25) is 30.0 Å². The van der Waals surface area contributed by atoms with Crippen LogP contribution in [0.2, 0.25) is 0 Å². The van der Waals surface area contributed by atoms with Gasteiger partial charge in [0.25, 0.3) is 27.4 Å². The minimum Gasteiger partial charge on any atom is -0.280 e. The molecular weight excluding hydrogens is 501 g/mol. The number of sulfonamides is 1. The average molecular weight is 524 g/mol. The molecule has 3 N–H and O–H groups in total. The Morgan fingerprint density at radius 1 is 0.946 bits per heavy atom. The van der Waals surface area contributed by atoms with Crippen LogP contribution in [0.5, 0.6) is 0 Å². The highest BCUT2D eigenvalue weighted by Gasteiger charge is 2.21. The molecule has 37 heavy (non-hydrogen) atoms. The standard InChI is InChI=1S/C25H22FN5O5S/c1-3-31-25(34)20-7-5-4-6-19(20)22(29-31)24(33)28-27-23(32)16-9-8-15(2)21(14-16)37(35,36)30-18-12-10-17(26)11-13-18/h4-14,30H,3H2,1-2H3,(H,27,32)(H,28,33). The predicted molar refractivity (Wildman–Crippen MR) is 135 cm³/mol. The van der Waals surface area contributed by atoms with Gasteiger partial charge in [-0.1, -0.05) is 24.3 Å². The molecular formula is C25H22FN5O5S. The van der Waals surface area contributed by atoms with Crippen LogP contribution in [0.1, 0.15) is 33.3 Å². The van der Waals surface area contributed by atoms with Crippen molar-refractivity contribution in [2.24, 2.45) is 0 Å². The van der Waals surface area contributed by atoms with Crippen molar-refractivity contribution >= 4 is 38.3 Å². The molecule has 0 saturated carbocycles. The smallest absolute Gasteiger partial charge is 0.280 e. The molecule has 0 aliphatic carbocycles. The number of nitrogens with one attached hydrogen (secondary N) is 3. The fourth-order valence-electron chi connectivity index (χ4n) is 3.62. The molecule has 1 aromatic heterocycles. The highest BCUT2D eigenvalue weighted by Crippen LogP contribution is 2.21. The van der Waals surface area contributed by atoms with E-state index in [9.17, 15) is 27.2 Å². The maximum Gasteiger partial charge on any atom is 0.290 e. The molecule has 0 atom stereocenters. The largest absolute Gasteiger partial charge is 0.290 e. The molecule has 0 spiro atoms. The molecule has 0 bridgehead atoms. The van der Waals surface area contributed by atoms with Crippen LogP contribution in [0.15, 0.2) is 76.4 Å². The summed E-state index contributed by atoms with van der Waals surface area (Å²) in [6.07, 6.45) is 0. The summed E-state index contributed by atoms with van der Waals surface area (Å²) >= 11 is 0. The molecule has 0 aliphatic rings. The van der Waals surface area contributed by atoms with Crippen molar-refractivity contribution in [2.45, 2.75) is 25.3 Å². The second-order valence-corrected chi connectivity index (χ2v) is 9.67. The SMILES string of the molecule is CCn1nc(C(=O)NNC(=O)c2ccc(C)c(S(=O)(=O)Nc3ccc(F)cc3)c2)c2ccccc2c1=O. The predicted octanol–water partition coefficient (Wildman–Crippen LogP) is 2.74. The first kappa shape index (κ1) is 25.5. The van der Waals surface area contributed by atoms with Crippen LogP contribution in [0, 0.1) is 12.7 Å². The number of benzene rings is 3. The third kappa shape index (κ3) is 5.33. The van der Waals surface area contributed by atoms with Crippen molar-refractivity contribution < 1.29 is 22.4 Å². The van der Waals surface area contributed by atoms with Crippen LogP contribution in [0.3, 0.4) is 0 Å². The molecule has 0 unspecified atom stereocenters. The number of rotatable bonds is 6. The molecule has 1 heterocycles. The topological polar surface area (TPSA) is 139 Å². The second-order valence-electron chi connectivity index (χ2n) is 8.02. The summed E-state index contributed by atoms with van der Waals surface area (Å²) in [6.45, 7) is 3.51. The van der Waals surface area contributed by atoms with Crippen molar-refractivity contribution in [3.63, 3.8) is 0 Å². The Bertz CT molecular complexity index is 1680. The highest BCUT2D eigenvalue weighted by molar-refractivity contribution is 7.92. The minimum absolute atomic E-state index is 0.0401. The summed E-state index contributed by atoms with van der Waals surface area (Å²) in [5, 5.41) is 4.73. The van der Waals surface area contributed by atoms with Crippen LogP contribution in [-0.4, -0.2) is 30.0 Å². The fourth-order valence-corrected chi connectivity index (χ4v) is 4.95. The van der Waals surface area contributed by atoms with Crippen LogP contribution < -0.4 is 21.1 Å². The zero-order valence-electron chi connectivity index (χ0n) is 19.8. The Morgan fingerprint density at radius 3 is 2.27 bits per heavy atom. The third-order valence-corrected chi connectivity index (χ3v) is 7.03. The summed E-state index contributed by atoms with van der Waals surface area (Å²) in [6, 6.07) is 15.3. The van der Waals surface area contributed by atoms with Crippen molar-refractivity contribution in [1.82, 2.24) is 20.6 Å². The van der Waals surface area contributed by atoms with Gasteiger partial charge >= 0.3 is 0 Å². The van der Waals surface area contributed by atoms with Gasteiger partial charge in [0.05, 0.1) is 10.3 Å². The lowest BCUT2D eigenvalue weighted by Crippen LogP contribution is -2.42. The maximum atomic E-state index is 13.1. The van der Waals surface area contributed by atoms with Gasteiger partial charge < -0.3 is 0 Å². The van der Waals surface area contributed by atoms with Crippen molar-refractivity contribution in [1.29, 1.82) is 0 Å². The molecule has 0 radical (unpaired) electrons. The molecule has 190 valence electrons. The van der Waals surface area contributed by atoms with Gasteiger partial charge in [0.15, 0.2) is 5.69 Å². The van der Waals surface area contributed by atoms with E-state index >= 15 is 0 Å². The summed E-state index contributed by atoms with van der Waals surface area (Å²) < 4.78 is 42.4. The van der Waals surface area contributed by atoms with Gasteiger partial charge in [-0.15, -0.1) is 0 Å². The van der Waals surface area contributed by atoms with Crippen LogP contribution in [-0.2, 0) is 16.6 Å². The number of halogens is 1. The number of carbonyl (C=O) groups excluding carboxylic acids is 2. The molecule has 0 fully saturated rings. The van der Waals surface area contributed by atoms with E-state index in [0.717, 1.165) is 22.9 Å². The molecule has 4 rings (SSSR count). The highest BCUT2D eigenvalue weighted by atomic mass is 32.2. The first-order chi connectivity index (χ1) is 17.6. The normalized spacial score (nSPS) is 11.2. The lowest BCUT2D eigenvalue weighted by Gasteiger charge is -2.13. The summed E-state index contributed by atoms with van der Waals surface area (Å²) in [4.78, 5) is 37.9. The number of nitrogens with zero attached hydrogens (tertiary/aromatic N) is 2. The molecule has 10 nitrogen and oxygen atoms in total. The minimum atomic E-state index is -4.11. The average Bonchev–Trinajstić information content (AvgIpc) is 2.89. The summed E-state index contributed by atoms with van der Waals surface area (Å²) in [5.74, 6) is -2.05. The van der Waals surface area contributed by atoms with Crippen molar-refractivity contribution in [3.8, 4) is 0 Å². The number of carbonyl (C=O) groups is 2. The molecule has 3 aromatic carbocycles. The Labute approximate surface area is 211 Å². The van der Waals surface area contributed by atoms with Gasteiger partial charge in [-0.25, -0.2) is 17.5 Å². The number of aryl methyl sites for hydroxylation is 2. The Hall–Kier alpha value is -4.58. The van der Waals surface area contributed by atoms with E-state index in [0.29, 0.717) is 16.3 Å². The molecule has 12 heteroatoms. The summed E-state index contributed by atoms with van der Waals surface area (Å²) in [7, 11) is -4.11. The van der Waals surface area contributed by atoms with Gasteiger partial charge in [-0.05, 0) is 61.9 Å². The van der Waals surface area contributed by atoms with Gasteiger partial charge in [0.2, 0.25) is 0 Å². The summed E-state index contributed by atoms with van der Waals surface area (Å²) in [5.41, 5.74) is 4.58.